The molecule has 0 aliphatic carbocycles. The van der Waals surface area contributed by atoms with Crippen molar-refractivity contribution in [2.24, 2.45) is 0 Å². The van der Waals surface area contributed by atoms with E-state index in [4.69, 9.17) is 25.8 Å². The second kappa shape index (κ2) is 7.05. The van der Waals surface area contributed by atoms with Crippen molar-refractivity contribution in [2.45, 2.75) is 4.83 Å². The van der Waals surface area contributed by atoms with E-state index in [2.05, 4.69) is 15.9 Å². The Kier molecular flexibility index (Phi) is 5.37. The number of ether oxygens (including phenoxy) is 3. The third-order valence-corrected chi connectivity index (χ3v) is 4.40. The molecule has 0 bridgehead atoms. The molecule has 0 saturated carbocycles. The van der Waals surface area contributed by atoms with E-state index in [1.807, 2.05) is 30.3 Å². The van der Waals surface area contributed by atoms with Crippen LogP contribution >= 0.6 is 27.5 Å². The summed E-state index contributed by atoms with van der Waals surface area (Å²) in [4.78, 5) is -0.105. The number of rotatable bonds is 5. The molecule has 0 heterocycles. The quantitative estimate of drug-likeness (QED) is 0.703. The molecule has 21 heavy (non-hydrogen) atoms. The molecule has 0 fully saturated rings. The minimum Gasteiger partial charge on any atom is -0.497 e. The van der Waals surface area contributed by atoms with Gasteiger partial charge in [0.25, 0.3) is 0 Å². The SMILES string of the molecule is COc1ccc(C(Br)c2cc(Cl)ccc2OC)c(OC)c1. The van der Waals surface area contributed by atoms with Gasteiger partial charge in [0.1, 0.15) is 17.2 Å². The third kappa shape index (κ3) is 3.44. The summed E-state index contributed by atoms with van der Waals surface area (Å²) in [7, 11) is 4.89. The van der Waals surface area contributed by atoms with Gasteiger partial charge in [-0.05, 0) is 24.3 Å². The minimum absolute atomic E-state index is 0.105. The molecule has 0 amide bonds. The fourth-order valence-electron chi connectivity index (χ4n) is 2.10. The highest BCUT2D eigenvalue weighted by Gasteiger charge is 2.20. The second-order valence-corrected chi connectivity index (χ2v) is 5.71. The van der Waals surface area contributed by atoms with Gasteiger partial charge >= 0.3 is 0 Å². The van der Waals surface area contributed by atoms with E-state index in [1.54, 1.807) is 27.4 Å². The summed E-state index contributed by atoms with van der Waals surface area (Å²) in [5.74, 6) is 2.24. The molecule has 1 atom stereocenters. The van der Waals surface area contributed by atoms with E-state index < -0.39 is 0 Å². The van der Waals surface area contributed by atoms with Gasteiger partial charge in [-0.1, -0.05) is 33.6 Å². The normalized spacial score (nSPS) is 11.9. The Morgan fingerprint density at radius 2 is 1.57 bits per heavy atom. The smallest absolute Gasteiger partial charge is 0.127 e. The molecule has 0 saturated heterocycles. The molecule has 0 spiro atoms. The van der Waals surface area contributed by atoms with Crippen molar-refractivity contribution in [3.8, 4) is 17.2 Å². The Morgan fingerprint density at radius 3 is 2.19 bits per heavy atom. The van der Waals surface area contributed by atoms with E-state index in [-0.39, 0.29) is 4.83 Å². The van der Waals surface area contributed by atoms with E-state index in [9.17, 15) is 0 Å². The maximum atomic E-state index is 6.10. The lowest BCUT2D eigenvalue weighted by atomic mass is 10.0. The van der Waals surface area contributed by atoms with Gasteiger partial charge in [-0.3, -0.25) is 0 Å². The molecule has 0 radical (unpaired) electrons. The molecule has 0 aliphatic rings. The highest BCUT2D eigenvalue weighted by molar-refractivity contribution is 9.09. The molecule has 112 valence electrons. The Labute approximate surface area is 137 Å². The van der Waals surface area contributed by atoms with Crippen LogP contribution in [0.15, 0.2) is 36.4 Å². The third-order valence-electron chi connectivity index (χ3n) is 3.18. The van der Waals surface area contributed by atoms with Crippen LogP contribution in [0.1, 0.15) is 16.0 Å². The zero-order valence-electron chi connectivity index (χ0n) is 12.0. The lowest BCUT2D eigenvalue weighted by Crippen LogP contribution is -2.00. The fraction of sp³-hybridized carbons (Fsp3) is 0.250. The zero-order chi connectivity index (χ0) is 15.4. The van der Waals surface area contributed by atoms with Gasteiger partial charge in [0.05, 0.1) is 26.2 Å². The van der Waals surface area contributed by atoms with Crippen molar-refractivity contribution in [2.75, 3.05) is 21.3 Å². The van der Waals surface area contributed by atoms with Gasteiger partial charge in [0, 0.05) is 22.2 Å². The Morgan fingerprint density at radius 1 is 0.857 bits per heavy atom. The van der Waals surface area contributed by atoms with Gasteiger partial charge in [-0.2, -0.15) is 0 Å². The minimum atomic E-state index is -0.105. The number of alkyl halides is 1. The van der Waals surface area contributed by atoms with E-state index >= 15 is 0 Å². The summed E-state index contributed by atoms with van der Waals surface area (Å²) in [5.41, 5.74) is 1.91. The fourth-order valence-corrected chi connectivity index (χ4v) is 3.02. The Balaban J connectivity index is 2.49. The van der Waals surface area contributed by atoms with Crippen LogP contribution in [0, 0.1) is 0 Å². The maximum Gasteiger partial charge on any atom is 0.127 e. The predicted octanol–water partition coefficient (Wildman–Crippen LogP) is 4.85. The van der Waals surface area contributed by atoms with Crippen molar-refractivity contribution in [1.29, 1.82) is 0 Å². The molecular weight excluding hydrogens is 356 g/mol. The number of benzene rings is 2. The number of hydrogen-bond donors (Lipinski definition) is 0. The van der Waals surface area contributed by atoms with Crippen LogP contribution in [0.2, 0.25) is 5.02 Å². The van der Waals surface area contributed by atoms with E-state index in [1.165, 1.54) is 0 Å². The predicted molar refractivity (Wildman–Crippen MR) is 88.3 cm³/mol. The average Bonchev–Trinajstić information content (AvgIpc) is 2.53. The van der Waals surface area contributed by atoms with Gasteiger partial charge < -0.3 is 14.2 Å². The Hall–Kier alpha value is -1.39. The van der Waals surface area contributed by atoms with E-state index in [0.29, 0.717) is 5.02 Å². The van der Waals surface area contributed by atoms with Crippen LogP contribution in [-0.2, 0) is 0 Å². The summed E-state index contributed by atoms with van der Waals surface area (Å²) < 4.78 is 16.1. The molecule has 1 unspecified atom stereocenters. The van der Waals surface area contributed by atoms with Gasteiger partial charge in [-0.15, -0.1) is 0 Å². The molecular formula is C16H16BrClO3. The van der Waals surface area contributed by atoms with Crippen molar-refractivity contribution in [1.82, 2.24) is 0 Å². The van der Waals surface area contributed by atoms with Gasteiger partial charge in [0.2, 0.25) is 0 Å². The molecule has 0 aliphatic heterocycles. The van der Waals surface area contributed by atoms with Gasteiger partial charge in [-0.25, -0.2) is 0 Å². The molecule has 0 aromatic heterocycles. The van der Waals surface area contributed by atoms with Gasteiger partial charge in [0.15, 0.2) is 0 Å². The molecule has 3 nitrogen and oxygen atoms in total. The number of methoxy groups -OCH3 is 3. The molecule has 0 N–H and O–H groups in total. The summed E-state index contributed by atoms with van der Waals surface area (Å²) >= 11 is 9.80. The van der Waals surface area contributed by atoms with E-state index in [0.717, 1.165) is 28.4 Å². The summed E-state index contributed by atoms with van der Waals surface area (Å²) in [6.07, 6.45) is 0. The van der Waals surface area contributed by atoms with Crippen LogP contribution < -0.4 is 14.2 Å². The monoisotopic (exact) mass is 370 g/mol. The summed E-state index contributed by atoms with van der Waals surface area (Å²) in [6.45, 7) is 0. The van der Waals surface area contributed by atoms with Crippen molar-refractivity contribution < 1.29 is 14.2 Å². The first-order valence-electron chi connectivity index (χ1n) is 6.30. The Bertz CT molecular complexity index is 631. The van der Waals surface area contributed by atoms with Crippen molar-refractivity contribution in [3.05, 3.63) is 52.5 Å². The van der Waals surface area contributed by atoms with Crippen LogP contribution in [-0.4, -0.2) is 21.3 Å². The summed E-state index contributed by atoms with van der Waals surface area (Å²) in [6, 6.07) is 11.2. The first-order chi connectivity index (χ1) is 10.1. The highest BCUT2D eigenvalue weighted by atomic mass is 79.9. The van der Waals surface area contributed by atoms with Crippen LogP contribution in [0.3, 0.4) is 0 Å². The standard InChI is InChI=1S/C16H16BrClO3/c1-19-11-5-6-12(15(9-11)21-3)16(17)13-8-10(18)4-7-14(13)20-2/h4-9,16H,1-3H3. The molecule has 2 aromatic rings. The molecule has 2 rings (SSSR count). The summed E-state index contributed by atoms with van der Waals surface area (Å²) in [5, 5.41) is 0.655. The van der Waals surface area contributed by atoms with Crippen LogP contribution in [0.5, 0.6) is 17.2 Å². The van der Waals surface area contributed by atoms with Crippen molar-refractivity contribution >= 4 is 27.5 Å². The van der Waals surface area contributed by atoms with Crippen molar-refractivity contribution in [3.63, 3.8) is 0 Å². The highest BCUT2D eigenvalue weighted by Crippen LogP contribution is 2.42. The average molecular weight is 372 g/mol. The maximum absolute atomic E-state index is 6.10. The molecule has 2 aromatic carbocycles. The largest absolute Gasteiger partial charge is 0.497 e. The molecule has 5 heteroatoms. The number of hydrogen-bond acceptors (Lipinski definition) is 3. The lowest BCUT2D eigenvalue weighted by molar-refractivity contribution is 0.390. The topological polar surface area (TPSA) is 27.7 Å². The van der Waals surface area contributed by atoms with Crippen LogP contribution in [0.25, 0.3) is 0 Å². The number of halogens is 2. The first kappa shape index (κ1) is 16.0. The first-order valence-corrected chi connectivity index (χ1v) is 7.59. The second-order valence-electron chi connectivity index (χ2n) is 4.36. The van der Waals surface area contributed by atoms with Crippen LogP contribution in [0.4, 0.5) is 0 Å². The lowest BCUT2D eigenvalue weighted by Gasteiger charge is -2.18. The zero-order valence-corrected chi connectivity index (χ0v) is 14.4.